The molecule has 220 valence electrons. The fourth-order valence-electron chi connectivity index (χ4n) is 5.11. The molecule has 0 saturated carbocycles. The summed E-state index contributed by atoms with van der Waals surface area (Å²) in [4.78, 5) is 12.7. The summed E-state index contributed by atoms with van der Waals surface area (Å²) in [5.74, 6) is -0.230. The van der Waals surface area contributed by atoms with Crippen LogP contribution in [0.15, 0.2) is 90.2 Å². The van der Waals surface area contributed by atoms with Crippen molar-refractivity contribution in [2.45, 2.75) is 40.1 Å². The van der Waals surface area contributed by atoms with E-state index in [9.17, 15) is 18.0 Å². The lowest BCUT2D eigenvalue weighted by Gasteiger charge is -2.13. The van der Waals surface area contributed by atoms with Crippen LogP contribution in [0.25, 0.3) is 10.9 Å². The summed E-state index contributed by atoms with van der Waals surface area (Å²) in [6, 6.07) is 22.6. The van der Waals surface area contributed by atoms with E-state index in [1.807, 2.05) is 30.5 Å². The van der Waals surface area contributed by atoms with Gasteiger partial charge >= 0.3 is 6.18 Å². The topological polar surface area (TPSA) is 55.6 Å². The Hall–Kier alpha value is -4.56. The Morgan fingerprint density at radius 1 is 0.930 bits per heavy atom. The van der Waals surface area contributed by atoms with Crippen LogP contribution in [0, 0.1) is 20.8 Å². The molecule has 5 aromatic rings. The van der Waals surface area contributed by atoms with E-state index < -0.39 is 17.6 Å². The van der Waals surface area contributed by atoms with Crippen molar-refractivity contribution in [1.29, 1.82) is 0 Å². The predicted octanol–water partition coefficient (Wildman–Crippen LogP) is 8.63. The molecule has 0 unspecified atom stereocenters. The van der Waals surface area contributed by atoms with Gasteiger partial charge in [-0.25, -0.2) is 5.43 Å². The fraction of sp³-hybridized carbons (Fsp3) is 0.176. The Bertz CT molecular complexity index is 1820. The van der Waals surface area contributed by atoms with Gasteiger partial charge in [0.15, 0.2) is 0 Å². The van der Waals surface area contributed by atoms with E-state index in [2.05, 4.69) is 47.1 Å². The largest absolute Gasteiger partial charge is 0.487 e. The van der Waals surface area contributed by atoms with Crippen molar-refractivity contribution in [3.8, 4) is 5.75 Å². The van der Waals surface area contributed by atoms with Crippen molar-refractivity contribution in [2.24, 2.45) is 5.10 Å². The monoisotopic (exact) mass is 603 g/mol. The molecule has 0 fully saturated rings. The van der Waals surface area contributed by atoms with E-state index in [-0.39, 0.29) is 22.9 Å². The summed E-state index contributed by atoms with van der Waals surface area (Å²) < 4.78 is 47.2. The van der Waals surface area contributed by atoms with Gasteiger partial charge in [0, 0.05) is 34.8 Å². The van der Waals surface area contributed by atoms with Gasteiger partial charge in [-0.05, 0) is 74.4 Å². The van der Waals surface area contributed by atoms with Crippen molar-refractivity contribution in [3.63, 3.8) is 0 Å². The Morgan fingerprint density at radius 3 is 2.37 bits per heavy atom. The van der Waals surface area contributed by atoms with Gasteiger partial charge in [0.05, 0.1) is 16.8 Å². The zero-order chi connectivity index (χ0) is 30.7. The number of halogens is 4. The maximum atomic E-state index is 13.1. The van der Waals surface area contributed by atoms with Crippen molar-refractivity contribution >= 4 is 34.6 Å². The van der Waals surface area contributed by atoms with Crippen LogP contribution in [0.4, 0.5) is 13.2 Å². The molecule has 5 rings (SSSR count). The minimum atomic E-state index is -4.45. The van der Waals surface area contributed by atoms with Crippen LogP contribution in [0.1, 0.15) is 49.3 Å². The molecule has 5 nitrogen and oxygen atoms in total. The average Bonchev–Trinajstić information content (AvgIpc) is 3.34. The van der Waals surface area contributed by atoms with Crippen LogP contribution in [-0.4, -0.2) is 16.7 Å². The van der Waals surface area contributed by atoms with Crippen molar-refractivity contribution < 1.29 is 22.7 Å². The van der Waals surface area contributed by atoms with Crippen LogP contribution in [-0.2, 0) is 19.3 Å². The highest BCUT2D eigenvalue weighted by atomic mass is 35.5. The van der Waals surface area contributed by atoms with Crippen LogP contribution in [0.5, 0.6) is 5.75 Å². The number of nitrogens with one attached hydrogen (secondary N) is 1. The molecule has 0 aliphatic rings. The molecule has 0 spiro atoms. The fourth-order valence-corrected chi connectivity index (χ4v) is 5.34. The zero-order valence-corrected chi connectivity index (χ0v) is 24.6. The van der Waals surface area contributed by atoms with Gasteiger partial charge in [0.25, 0.3) is 5.91 Å². The number of rotatable bonds is 8. The standard InChI is InChI=1S/C34H29ClF3N3O2/c1-21-11-22(2)13-24(12-21)19-41-10-9-29-27(5-4-6-31(29)41)18-39-40-33(42)26-7-8-32(30(35)17-26)43-20-25-14-23(3)15-28(16-25)34(36,37)38/h4-18H,19-20H2,1-3H3,(H,40,42)/b39-18+. The van der Waals surface area contributed by atoms with Crippen molar-refractivity contribution in [3.05, 3.63) is 135 Å². The lowest BCUT2D eigenvalue weighted by atomic mass is 10.1. The highest BCUT2D eigenvalue weighted by molar-refractivity contribution is 6.32. The summed E-state index contributed by atoms with van der Waals surface area (Å²) in [5, 5.41) is 5.30. The molecule has 1 aromatic heterocycles. The number of fused-ring (bicyclic) bond motifs is 1. The van der Waals surface area contributed by atoms with E-state index in [1.54, 1.807) is 19.2 Å². The molecule has 43 heavy (non-hydrogen) atoms. The third-order valence-corrected chi connectivity index (χ3v) is 7.20. The molecule has 0 saturated heterocycles. The second-order valence-electron chi connectivity index (χ2n) is 10.6. The number of nitrogens with zero attached hydrogens (tertiary/aromatic N) is 2. The van der Waals surface area contributed by atoms with Crippen molar-refractivity contribution in [1.82, 2.24) is 9.99 Å². The third kappa shape index (κ3) is 7.27. The quantitative estimate of drug-likeness (QED) is 0.143. The number of amides is 1. The number of hydrazone groups is 1. The molecule has 1 heterocycles. The van der Waals surface area contributed by atoms with Gasteiger partial charge in [0.2, 0.25) is 0 Å². The van der Waals surface area contributed by atoms with Gasteiger partial charge in [-0.3, -0.25) is 4.79 Å². The first-order chi connectivity index (χ1) is 20.5. The van der Waals surface area contributed by atoms with Crippen molar-refractivity contribution in [2.75, 3.05) is 0 Å². The molecular formula is C34H29ClF3N3O2. The van der Waals surface area contributed by atoms with Gasteiger partial charge in [-0.2, -0.15) is 18.3 Å². The number of benzene rings is 4. The smallest absolute Gasteiger partial charge is 0.416 e. The second kappa shape index (κ2) is 12.4. The summed E-state index contributed by atoms with van der Waals surface area (Å²) >= 11 is 6.32. The molecule has 1 amide bonds. The second-order valence-corrected chi connectivity index (χ2v) is 11.0. The number of alkyl halides is 3. The zero-order valence-electron chi connectivity index (χ0n) is 23.8. The molecule has 0 aliphatic carbocycles. The average molecular weight is 604 g/mol. The molecule has 1 N–H and O–H groups in total. The summed E-state index contributed by atoms with van der Waals surface area (Å²) in [7, 11) is 0. The molecular weight excluding hydrogens is 575 g/mol. The summed E-state index contributed by atoms with van der Waals surface area (Å²) in [6.07, 6.45) is -0.815. The first kappa shape index (κ1) is 29.9. The molecule has 0 bridgehead atoms. The van der Waals surface area contributed by atoms with Gasteiger partial charge in [-0.15, -0.1) is 0 Å². The highest BCUT2D eigenvalue weighted by Gasteiger charge is 2.30. The predicted molar refractivity (Wildman–Crippen MR) is 164 cm³/mol. The molecule has 0 aliphatic heterocycles. The number of hydrogen-bond acceptors (Lipinski definition) is 3. The maximum absolute atomic E-state index is 13.1. The normalized spacial score (nSPS) is 11.8. The number of carbonyl (C=O) groups excluding carboxylic acids is 1. The number of aromatic nitrogens is 1. The minimum absolute atomic E-state index is 0.113. The number of ether oxygens (including phenoxy) is 1. The lowest BCUT2D eigenvalue weighted by Crippen LogP contribution is -2.17. The minimum Gasteiger partial charge on any atom is -0.487 e. The highest BCUT2D eigenvalue weighted by Crippen LogP contribution is 2.32. The molecule has 9 heteroatoms. The Morgan fingerprint density at radius 2 is 1.65 bits per heavy atom. The number of hydrogen-bond donors (Lipinski definition) is 1. The Kier molecular flexibility index (Phi) is 8.59. The first-order valence-electron chi connectivity index (χ1n) is 13.5. The SMILES string of the molecule is Cc1cc(C)cc(Cn2ccc3c(/C=N/NC(=O)c4ccc(OCc5cc(C)cc(C(F)(F)F)c5)c(Cl)c4)cccc32)c1. The first-order valence-corrected chi connectivity index (χ1v) is 13.9. The van der Waals surface area contributed by atoms with E-state index >= 15 is 0 Å². The van der Waals surface area contributed by atoms with E-state index in [0.29, 0.717) is 11.1 Å². The number of carbonyl (C=O) groups is 1. The Balaban J connectivity index is 1.23. The van der Waals surface area contributed by atoms with Gasteiger partial charge < -0.3 is 9.30 Å². The van der Waals surface area contributed by atoms with Gasteiger partial charge in [0.1, 0.15) is 12.4 Å². The van der Waals surface area contributed by atoms with E-state index in [0.717, 1.165) is 35.1 Å². The van der Waals surface area contributed by atoms with Crippen LogP contribution in [0.2, 0.25) is 5.02 Å². The van der Waals surface area contributed by atoms with Gasteiger partial charge in [-0.1, -0.05) is 64.7 Å². The Labute approximate surface area is 252 Å². The lowest BCUT2D eigenvalue weighted by molar-refractivity contribution is -0.137. The maximum Gasteiger partial charge on any atom is 0.416 e. The van der Waals surface area contributed by atoms with Crippen LogP contribution >= 0.6 is 11.6 Å². The third-order valence-electron chi connectivity index (χ3n) is 6.90. The van der Waals surface area contributed by atoms with Crippen LogP contribution < -0.4 is 10.2 Å². The van der Waals surface area contributed by atoms with E-state index in [4.69, 9.17) is 16.3 Å². The molecule has 0 radical (unpaired) electrons. The number of aryl methyl sites for hydroxylation is 3. The van der Waals surface area contributed by atoms with E-state index in [1.165, 1.54) is 34.9 Å². The van der Waals surface area contributed by atoms with Crippen LogP contribution in [0.3, 0.4) is 0 Å². The molecule has 4 aromatic carbocycles. The summed E-state index contributed by atoms with van der Waals surface area (Å²) in [5.41, 5.74) is 8.44. The molecule has 0 atom stereocenters. The summed E-state index contributed by atoms with van der Waals surface area (Å²) in [6.45, 7) is 6.40.